The summed E-state index contributed by atoms with van der Waals surface area (Å²) in [5, 5.41) is 17.8. The van der Waals surface area contributed by atoms with Gasteiger partial charge in [0.1, 0.15) is 0 Å². The molecule has 0 saturated heterocycles. The highest BCUT2D eigenvalue weighted by Gasteiger charge is 2.14. The molecule has 0 aromatic heterocycles. The van der Waals surface area contributed by atoms with E-state index in [4.69, 9.17) is 14.9 Å². The summed E-state index contributed by atoms with van der Waals surface area (Å²) in [6.45, 7) is 14.8. The van der Waals surface area contributed by atoms with Crippen LogP contribution < -0.4 is 0 Å². The molecule has 130 valence electrons. The Labute approximate surface area is 130 Å². The number of hydrogen-bond acceptors (Lipinski definition) is 5. The summed E-state index contributed by atoms with van der Waals surface area (Å²) in [7, 11) is 0. The second kappa shape index (κ2) is 17.4. The van der Waals surface area contributed by atoms with Crippen molar-refractivity contribution in [2.24, 2.45) is 0 Å². The number of aliphatic hydroxyl groups excluding tert-OH is 1. The predicted octanol–water partition coefficient (Wildman–Crippen LogP) is 2.92. The van der Waals surface area contributed by atoms with E-state index in [0.29, 0.717) is 13.0 Å². The Bertz CT molecular complexity index is 207. The topological polar surface area (TPSA) is 76.0 Å². The van der Waals surface area contributed by atoms with E-state index in [9.17, 15) is 4.79 Å². The molecule has 5 heteroatoms. The van der Waals surface area contributed by atoms with E-state index in [1.165, 1.54) is 6.92 Å². The third kappa shape index (κ3) is 45.2. The van der Waals surface area contributed by atoms with E-state index < -0.39 is 11.7 Å². The van der Waals surface area contributed by atoms with E-state index in [1.54, 1.807) is 20.8 Å². The molecule has 0 aromatic rings. The van der Waals surface area contributed by atoms with Crippen LogP contribution >= 0.6 is 0 Å². The molecular formula is C16H36O5. The first kappa shape index (κ1) is 25.3. The van der Waals surface area contributed by atoms with Gasteiger partial charge in [-0.15, -0.1) is 0 Å². The van der Waals surface area contributed by atoms with Gasteiger partial charge in [-0.05, 0) is 41.0 Å². The van der Waals surface area contributed by atoms with Gasteiger partial charge in [0, 0.05) is 26.6 Å². The van der Waals surface area contributed by atoms with Gasteiger partial charge in [0.05, 0.1) is 18.3 Å². The Kier molecular flexibility index (Phi) is 21.0. The number of aliphatic hydroxyl groups is 2. The molecule has 0 aliphatic rings. The third-order valence-corrected chi connectivity index (χ3v) is 2.01. The molecule has 2 N–H and O–H groups in total. The van der Waals surface area contributed by atoms with E-state index in [2.05, 4.69) is 11.7 Å². The fourth-order valence-corrected chi connectivity index (χ4v) is 1.29. The number of esters is 1. The van der Waals surface area contributed by atoms with Crippen LogP contribution in [0.2, 0.25) is 0 Å². The maximum absolute atomic E-state index is 10.1. The van der Waals surface area contributed by atoms with Gasteiger partial charge >= 0.3 is 5.97 Å². The van der Waals surface area contributed by atoms with Crippen molar-refractivity contribution >= 4 is 5.97 Å². The molecule has 1 unspecified atom stereocenters. The normalized spacial score (nSPS) is 11.5. The number of ether oxygens (including phenoxy) is 2. The molecule has 0 aromatic carbocycles. The molecule has 0 amide bonds. The van der Waals surface area contributed by atoms with E-state index >= 15 is 0 Å². The maximum Gasteiger partial charge on any atom is 0.302 e. The van der Waals surface area contributed by atoms with Crippen LogP contribution in [0.15, 0.2) is 0 Å². The van der Waals surface area contributed by atoms with Crippen molar-refractivity contribution in [1.82, 2.24) is 0 Å². The minimum atomic E-state index is -0.728. The highest BCUT2D eigenvalue weighted by atomic mass is 16.5. The number of carbonyl (C=O) groups is 1. The maximum atomic E-state index is 10.1. The van der Waals surface area contributed by atoms with Gasteiger partial charge in [0.2, 0.25) is 0 Å². The highest BCUT2D eigenvalue weighted by Crippen LogP contribution is 2.09. The molecule has 0 radical (unpaired) electrons. The predicted molar refractivity (Wildman–Crippen MR) is 86.3 cm³/mol. The number of hydrogen-bond donors (Lipinski definition) is 2. The van der Waals surface area contributed by atoms with Gasteiger partial charge in [0.25, 0.3) is 0 Å². The zero-order chi connectivity index (χ0) is 17.3. The molecule has 0 spiro atoms. The summed E-state index contributed by atoms with van der Waals surface area (Å²) in [4.78, 5) is 10.1. The molecule has 0 aliphatic carbocycles. The smallest absolute Gasteiger partial charge is 0.302 e. The Morgan fingerprint density at radius 2 is 1.67 bits per heavy atom. The quantitative estimate of drug-likeness (QED) is 0.558. The van der Waals surface area contributed by atoms with Crippen LogP contribution in [-0.4, -0.2) is 47.7 Å². The number of carbonyl (C=O) groups excluding carboxylic acids is 1. The summed E-state index contributed by atoms with van der Waals surface area (Å²) in [5.41, 5.74) is -0.728. The second-order valence-electron chi connectivity index (χ2n) is 5.34. The van der Waals surface area contributed by atoms with Gasteiger partial charge in [0.15, 0.2) is 0 Å². The average Bonchev–Trinajstić information content (AvgIpc) is 2.28. The van der Waals surface area contributed by atoms with Gasteiger partial charge < -0.3 is 19.7 Å². The zero-order valence-electron chi connectivity index (χ0n) is 14.9. The number of rotatable bonds is 7. The molecule has 0 aliphatic heterocycles. The molecule has 0 heterocycles. The summed E-state index contributed by atoms with van der Waals surface area (Å²) in [6, 6.07) is 0. The van der Waals surface area contributed by atoms with Crippen LogP contribution in [-0.2, 0) is 14.3 Å². The summed E-state index contributed by atoms with van der Waals surface area (Å²) < 4.78 is 9.48. The fraction of sp³-hybridized carbons (Fsp3) is 0.938. The molecule has 0 rings (SSSR count). The first-order valence-corrected chi connectivity index (χ1v) is 7.72. The minimum Gasteiger partial charge on any atom is -0.466 e. The van der Waals surface area contributed by atoms with E-state index in [-0.39, 0.29) is 5.97 Å². The van der Waals surface area contributed by atoms with Crippen LogP contribution in [0.25, 0.3) is 0 Å². The van der Waals surface area contributed by atoms with Gasteiger partial charge in [-0.25, -0.2) is 0 Å². The summed E-state index contributed by atoms with van der Waals surface area (Å²) >= 11 is 0. The SMILES string of the molecule is CC(O)CC(C)(C)O.CCCCOC(C)=O.CCOCC. The highest BCUT2D eigenvalue weighted by molar-refractivity contribution is 5.65. The van der Waals surface area contributed by atoms with Crippen molar-refractivity contribution in [3.63, 3.8) is 0 Å². The average molecular weight is 308 g/mol. The molecule has 0 fully saturated rings. The lowest BCUT2D eigenvalue weighted by Crippen LogP contribution is -2.24. The van der Waals surface area contributed by atoms with Crippen molar-refractivity contribution in [3.8, 4) is 0 Å². The fourth-order valence-electron chi connectivity index (χ4n) is 1.29. The zero-order valence-corrected chi connectivity index (χ0v) is 14.9. The van der Waals surface area contributed by atoms with Crippen LogP contribution in [0.1, 0.15) is 67.7 Å². The van der Waals surface area contributed by atoms with Gasteiger partial charge in [-0.1, -0.05) is 13.3 Å². The van der Waals surface area contributed by atoms with Gasteiger partial charge in [-0.2, -0.15) is 0 Å². The molecule has 21 heavy (non-hydrogen) atoms. The first-order valence-electron chi connectivity index (χ1n) is 7.72. The Morgan fingerprint density at radius 3 is 1.81 bits per heavy atom. The molecule has 0 bridgehead atoms. The summed E-state index contributed by atoms with van der Waals surface area (Å²) in [6.07, 6.45) is 2.08. The van der Waals surface area contributed by atoms with Crippen molar-refractivity contribution < 1.29 is 24.5 Å². The second-order valence-corrected chi connectivity index (χ2v) is 5.34. The van der Waals surface area contributed by atoms with Crippen LogP contribution in [0.4, 0.5) is 0 Å². The monoisotopic (exact) mass is 308 g/mol. The van der Waals surface area contributed by atoms with Crippen molar-refractivity contribution in [1.29, 1.82) is 0 Å². The first-order chi connectivity index (χ1) is 9.60. The largest absolute Gasteiger partial charge is 0.466 e. The molecular weight excluding hydrogens is 272 g/mol. The number of unbranched alkanes of at least 4 members (excludes halogenated alkanes) is 1. The standard InChI is InChI=1S/C6H14O2.C6H12O2.C4H10O/c1-5(7)4-6(2,3)8;1-3-4-5-8-6(2)7;1-3-5-4-2/h5,7-8H,4H2,1-3H3;3-5H2,1-2H3;3-4H2,1-2H3. The van der Waals surface area contributed by atoms with Crippen LogP contribution in [0, 0.1) is 0 Å². The summed E-state index contributed by atoms with van der Waals surface area (Å²) in [5.74, 6) is -0.182. The van der Waals surface area contributed by atoms with Crippen molar-refractivity contribution in [2.45, 2.75) is 79.4 Å². The Morgan fingerprint density at radius 1 is 1.19 bits per heavy atom. The third-order valence-electron chi connectivity index (χ3n) is 2.01. The van der Waals surface area contributed by atoms with E-state index in [0.717, 1.165) is 26.1 Å². The molecule has 5 nitrogen and oxygen atoms in total. The lowest BCUT2D eigenvalue weighted by atomic mass is 10.0. The molecule has 0 saturated carbocycles. The lowest BCUT2D eigenvalue weighted by molar-refractivity contribution is -0.141. The Balaban J connectivity index is -0.000000239. The van der Waals surface area contributed by atoms with Crippen LogP contribution in [0.5, 0.6) is 0 Å². The van der Waals surface area contributed by atoms with Gasteiger partial charge in [-0.3, -0.25) is 4.79 Å². The molecule has 1 atom stereocenters. The van der Waals surface area contributed by atoms with Crippen molar-refractivity contribution in [2.75, 3.05) is 19.8 Å². The van der Waals surface area contributed by atoms with Crippen LogP contribution in [0.3, 0.4) is 0 Å². The lowest BCUT2D eigenvalue weighted by Gasteiger charge is -2.17. The van der Waals surface area contributed by atoms with E-state index in [1.807, 2.05) is 13.8 Å². The van der Waals surface area contributed by atoms with Crippen molar-refractivity contribution in [3.05, 3.63) is 0 Å². The Hall–Kier alpha value is -0.650. The minimum absolute atomic E-state index is 0.182.